The summed E-state index contributed by atoms with van der Waals surface area (Å²) in [6.07, 6.45) is 0. The number of anilines is 2. The molecule has 1 heterocycles. The number of nitrogens with zero attached hydrogens (tertiary/aromatic N) is 2. The number of ether oxygens (including phenoxy) is 1. The fourth-order valence-electron chi connectivity index (χ4n) is 1.46. The Balaban J connectivity index is 2.01. The zero-order chi connectivity index (χ0) is 13.0. The second kappa shape index (κ2) is 5.33. The highest BCUT2D eigenvalue weighted by molar-refractivity contribution is 5.38. The first-order valence-corrected chi connectivity index (χ1v) is 5.48. The van der Waals surface area contributed by atoms with Crippen LogP contribution in [-0.2, 0) is 13.2 Å². The van der Waals surface area contributed by atoms with Crippen LogP contribution in [0.2, 0.25) is 0 Å². The van der Waals surface area contributed by atoms with Gasteiger partial charge in [-0.2, -0.15) is 9.97 Å². The normalized spacial score (nSPS) is 10.3. The van der Waals surface area contributed by atoms with Crippen LogP contribution in [-0.4, -0.2) is 9.97 Å². The van der Waals surface area contributed by atoms with Gasteiger partial charge >= 0.3 is 0 Å². The lowest BCUT2D eigenvalue weighted by Crippen LogP contribution is -2.03. The molecule has 2 rings (SSSR count). The quantitative estimate of drug-likeness (QED) is 0.730. The molecule has 0 radical (unpaired) electrons. The molecule has 0 aliphatic heterocycles. The van der Waals surface area contributed by atoms with Crippen LogP contribution in [0.4, 0.5) is 11.8 Å². The molecule has 0 saturated heterocycles. The lowest BCUT2D eigenvalue weighted by atomic mass is 10.1. The van der Waals surface area contributed by atoms with Crippen molar-refractivity contribution in [3.63, 3.8) is 0 Å². The van der Waals surface area contributed by atoms with E-state index >= 15 is 0 Å². The van der Waals surface area contributed by atoms with Gasteiger partial charge < -0.3 is 21.9 Å². The highest BCUT2D eigenvalue weighted by Crippen LogP contribution is 2.14. The first kappa shape index (κ1) is 12.1. The molecule has 6 N–H and O–H groups in total. The maximum Gasteiger partial charge on any atom is 0.225 e. The van der Waals surface area contributed by atoms with Crippen molar-refractivity contribution >= 4 is 11.8 Å². The van der Waals surface area contributed by atoms with E-state index in [1.165, 1.54) is 6.07 Å². The molecular weight excluding hydrogens is 230 g/mol. The van der Waals surface area contributed by atoms with Crippen molar-refractivity contribution in [2.24, 2.45) is 5.73 Å². The fourth-order valence-corrected chi connectivity index (χ4v) is 1.46. The van der Waals surface area contributed by atoms with Gasteiger partial charge in [0.2, 0.25) is 11.8 Å². The zero-order valence-electron chi connectivity index (χ0n) is 9.84. The Labute approximate surface area is 105 Å². The summed E-state index contributed by atoms with van der Waals surface area (Å²) in [7, 11) is 0. The molecule has 0 aliphatic rings. The molecule has 2 aromatic rings. The van der Waals surface area contributed by atoms with Gasteiger partial charge in [0.15, 0.2) is 0 Å². The van der Waals surface area contributed by atoms with Gasteiger partial charge in [-0.05, 0) is 11.1 Å². The average molecular weight is 245 g/mol. The van der Waals surface area contributed by atoms with Gasteiger partial charge in [-0.1, -0.05) is 24.3 Å². The van der Waals surface area contributed by atoms with Crippen LogP contribution in [0.3, 0.4) is 0 Å². The molecule has 0 aliphatic carbocycles. The largest absolute Gasteiger partial charge is 0.473 e. The van der Waals surface area contributed by atoms with Crippen LogP contribution in [0.5, 0.6) is 5.88 Å². The Morgan fingerprint density at radius 2 is 1.67 bits per heavy atom. The summed E-state index contributed by atoms with van der Waals surface area (Å²) in [5.41, 5.74) is 18.6. The van der Waals surface area contributed by atoms with E-state index in [2.05, 4.69) is 9.97 Å². The van der Waals surface area contributed by atoms with Crippen LogP contribution in [0, 0.1) is 0 Å². The van der Waals surface area contributed by atoms with Crippen molar-refractivity contribution in [2.45, 2.75) is 13.2 Å². The highest BCUT2D eigenvalue weighted by Gasteiger charge is 2.01. The van der Waals surface area contributed by atoms with Gasteiger partial charge in [0, 0.05) is 12.6 Å². The standard InChI is InChI=1S/C12H15N5O/c13-6-8-1-3-9(4-2-8)7-18-11-5-10(14)16-12(15)17-11/h1-5H,6-7,13H2,(H4,14,15,16,17). The number of rotatable bonds is 4. The van der Waals surface area contributed by atoms with Crippen molar-refractivity contribution in [1.29, 1.82) is 0 Å². The molecule has 0 bridgehead atoms. The van der Waals surface area contributed by atoms with Gasteiger partial charge in [-0.3, -0.25) is 0 Å². The van der Waals surface area contributed by atoms with Crippen LogP contribution < -0.4 is 21.9 Å². The Hall–Kier alpha value is -2.34. The monoisotopic (exact) mass is 245 g/mol. The Bertz CT molecular complexity index is 506. The van der Waals surface area contributed by atoms with Crippen molar-refractivity contribution in [1.82, 2.24) is 9.97 Å². The van der Waals surface area contributed by atoms with E-state index in [1.807, 2.05) is 24.3 Å². The molecule has 94 valence electrons. The van der Waals surface area contributed by atoms with E-state index in [0.29, 0.717) is 19.0 Å². The van der Waals surface area contributed by atoms with Crippen molar-refractivity contribution in [2.75, 3.05) is 11.5 Å². The lowest BCUT2D eigenvalue weighted by Gasteiger charge is -2.07. The van der Waals surface area contributed by atoms with Gasteiger partial charge in [-0.25, -0.2) is 0 Å². The average Bonchev–Trinajstić information content (AvgIpc) is 2.36. The summed E-state index contributed by atoms with van der Waals surface area (Å²) >= 11 is 0. The Morgan fingerprint density at radius 1 is 1.00 bits per heavy atom. The number of benzene rings is 1. The van der Waals surface area contributed by atoms with Crippen molar-refractivity contribution in [3.8, 4) is 5.88 Å². The van der Waals surface area contributed by atoms with Gasteiger partial charge in [0.1, 0.15) is 12.4 Å². The second-order valence-electron chi connectivity index (χ2n) is 3.80. The van der Waals surface area contributed by atoms with Crippen LogP contribution >= 0.6 is 0 Å². The van der Waals surface area contributed by atoms with Crippen molar-refractivity contribution in [3.05, 3.63) is 41.5 Å². The minimum atomic E-state index is 0.100. The van der Waals surface area contributed by atoms with Crippen LogP contribution in [0.1, 0.15) is 11.1 Å². The maximum atomic E-state index is 5.54. The number of hydrogen-bond donors (Lipinski definition) is 3. The Morgan fingerprint density at radius 3 is 2.28 bits per heavy atom. The predicted octanol–water partition coefficient (Wildman–Crippen LogP) is 0.679. The van der Waals surface area contributed by atoms with E-state index in [1.54, 1.807) is 0 Å². The molecular formula is C12H15N5O. The molecule has 0 spiro atoms. The molecule has 18 heavy (non-hydrogen) atoms. The third-order valence-corrected chi connectivity index (χ3v) is 2.39. The molecule has 0 saturated carbocycles. The number of nitrogens with two attached hydrogens (primary N) is 3. The molecule has 6 nitrogen and oxygen atoms in total. The summed E-state index contributed by atoms with van der Waals surface area (Å²) in [6.45, 7) is 0.918. The molecule has 1 aromatic heterocycles. The van der Waals surface area contributed by atoms with E-state index in [9.17, 15) is 0 Å². The van der Waals surface area contributed by atoms with Gasteiger partial charge in [-0.15, -0.1) is 0 Å². The first-order valence-electron chi connectivity index (χ1n) is 5.48. The SMILES string of the molecule is NCc1ccc(COc2cc(N)nc(N)n2)cc1. The van der Waals surface area contributed by atoms with Gasteiger partial charge in [0.25, 0.3) is 0 Å². The van der Waals surface area contributed by atoms with E-state index < -0.39 is 0 Å². The van der Waals surface area contributed by atoms with Crippen molar-refractivity contribution < 1.29 is 4.74 Å². The minimum absolute atomic E-state index is 0.100. The highest BCUT2D eigenvalue weighted by atomic mass is 16.5. The lowest BCUT2D eigenvalue weighted by molar-refractivity contribution is 0.294. The van der Waals surface area contributed by atoms with E-state index in [-0.39, 0.29) is 11.8 Å². The molecule has 0 fully saturated rings. The van der Waals surface area contributed by atoms with Crippen LogP contribution in [0.25, 0.3) is 0 Å². The summed E-state index contributed by atoms with van der Waals surface area (Å²) in [5, 5.41) is 0. The van der Waals surface area contributed by atoms with Crippen LogP contribution in [0.15, 0.2) is 30.3 Å². The topological polar surface area (TPSA) is 113 Å². The van der Waals surface area contributed by atoms with E-state index in [4.69, 9.17) is 21.9 Å². The smallest absolute Gasteiger partial charge is 0.225 e. The molecule has 0 atom stereocenters. The summed E-state index contributed by atoms with van der Waals surface area (Å²) < 4.78 is 5.48. The summed E-state index contributed by atoms with van der Waals surface area (Å²) in [4.78, 5) is 7.69. The van der Waals surface area contributed by atoms with Gasteiger partial charge in [0.05, 0.1) is 0 Å². The summed E-state index contributed by atoms with van der Waals surface area (Å²) in [6, 6.07) is 9.36. The summed E-state index contributed by atoms with van der Waals surface area (Å²) in [5.74, 6) is 0.752. The number of nitrogen functional groups attached to an aromatic ring is 2. The predicted molar refractivity (Wildman–Crippen MR) is 69.5 cm³/mol. The number of aromatic nitrogens is 2. The fraction of sp³-hybridized carbons (Fsp3) is 0.167. The number of hydrogen-bond acceptors (Lipinski definition) is 6. The molecule has 1 aromatic carbocycles. The Kier molecular flexibility index (Phi) is 3.59. The first-order chi connectivity index (χ1) is 8.67. The molecule has 0 amide bonds. The minimum Gasteiger partial charge on any atom is -0.473 e. The van der Waals surface area contributed by atoms with E-state index in [0.717, 1.165) is 11.1 Å². The second-order valence-corrected chi connectivity index (χ2v) is 3.80. The zero-order valence-corrected chi connectivity index (χ0v) is 9.84. The molecule has 6 heteroatoms. The third kappa shape index (κ3) is 3.08. The maximum absolute atomic E-state index is 5.54. The third-order valence-electron chi connectivity index (χ3n) is 2.39. The molecule has 0 unspecified atom stereocenters.